The van der Waals surface area contributed by atoms with Crippen molar-refractivity contribution < 1.29 is 14.3 Å². The molecule has 5 nitrogen and oxygen atoms in total. The van der Waals surface area contributed by atoms with Gasteiger partial charge in [0.25, 0.3) is 5.91 Å². The molecule has 1 aliphatic carbocycles. The van der Waals surface area contributed by atoms with Gasteiger partial charge in [-0.05, 0) is 78.2 Å². The third kappa shape index (κ3) is 4.50. The quantitative estimate of drug-likeness (QED) is 0.488. The molecule has 3 aromatic rings. The molecule has 1 unspecified atom stereocenters. The van der Waals surface area contributed by atoms with Crippen LogP contribution in [0.5, 0.6) is 5.75 Å². The maximum Gasteiger partial charge on any atom is 0.254 e. The maximum atomic E-state index is 13.7. The van der Waals surface area contributed by atoms with Gasteiger partial charge in [-0.2, -0.15) is 0 Å². The lowest BCUT2D eigenvalue weighted by atomic mass is 9.93. The van der Waals surface area contributed by atoms with E-state index in [9.17, 15) is 9.59 Å². The number of amides is 2. The molecule has 1 saturated carbocycles. The van der Waals surface area contributed by atoms with Crippen LogP contribution in [-0.2, 0) is 11.2 Å². The molecule has 0 N–H and O–H groups in total. The zero-order valence-electron chi connectivity index (χ0n) is 18.4. The molecule has 1 aromatic heterocycles. The van der Waals surface area contributed by atoms with Crippen LogP contribution in [0.2, 0.25) is 5.02 Å². The van der Waals surface area contributed by atoms with E-state index < -0.39 is 0 Å². The first-order chi connectivity index (χ1) is 16.0. The Morgan fingerprint density at radius 2 is 1.82 bits per heavy atom. The molecule has 0 spiro atoms. The van der Waals surface area contributed by atoms with Crippen molar-refractivity contribution in [3.05, 3.63) is 86.6 Å². The Morgan fingerprint density at radius 1 is 1.09 bits per heavy atom. The highest BCUT2D eigenvalue weighted by Gasteiger charge is 2.38. The molecule has 0 saturated heterocycles. The molecule has 1 atom stereocenters. The summed E-state index contributed by atoms with van der Waals surface area (Å²) in [4.78, 5) is 31.9. The lowest BCUT2D eigenvalue weighted by molar-refractivity contribution is -0.134. The van der Waals surface area contributed by atoms with Gasteiger partial charge in [0.15, 0.2) is 0 Å². The van der Waals surface area contributed by atoms with Gasteiger partial charge in [-0.15, -0.1) is 11.3 Å². The molecule has 1 fully saturated rings. The molecule has 2 aromatic carbocycles. The van der Waals surface area contributed by atoms with Crippen molar-refractivity contribution in [3.63, 3.8) is 0 Å². The summed E-state index contributed by atoms with van der Waals surface area (Å²) in [6, 6.07) is 16.9. The zero-order valence-corrected chi connectivity index (χ0v) is 19.9. The van der Waals surface area contributed by atoms with Crippen LogP contribution in [0.4, 0.5) is 0 Å². The van der Waals surface area contributed by atoms with E-state index in [1.165, 1.54) is 10.4 Å². The predicted molar refractivity (Wildman–Crippen MR) is 130 cm³/mol. The minimum absolute atomic E-state index is 0.0260. The first kappa shape index (κ1) is 22.0. The minimum atomic E-state index is -0.162. The summed E-state index contributed by atoms with van der Waals surface area (Å²) < 4.78 is 5.32. The third-order valence-corrected chi connectivity index (χ3v) is 7.61. The number of carbonyl (C=O) groups excluding carboxylic acids is 2. The van der Waals surface area contributed by atoms with Crippen LogP contribution in [0.25, 0.3) is 0 Å². The number of benzene rings is 2. The van der Waals surface area contributed by atoms with Gasteiger partial charge >= 0.3 is 0 Å². The number of methoxy groups -OCH3 is 1. The summed E-state index contributed by atoms with van der Waals surface area (Å²) in [6.07, 6.45) is 2.70. The number of ether oxygens (including phenoxy) is 1. The topological polar surface area (TPSA) is 49.9 Å². The van der Waals surface area contributed by atoms with Crippen LogP contribution >= 0.6 is 22.9 Å². The van der Waals surface area contributed by atoms with Gasteiger partial charge < -0.3 is 14.5 Å². The Bertz CT molecular complexity index is 1160. The summed E-state index contributed by atoms with van der Waals surface area (Å²) >= 11 is 7.73. The van der Waals surface area contributed by atoms with E-state index in [-0.39, 0.29) is 30.4 Å². The number of hydrogen-bond acceptors (Lipinski definition) is 4. The van der Waals surface area contributed by atoms with E-state index >= 15 is 0 Å². The molecular weight excluding hydrogens is 456 g/mol. The van der Waals surface area contributed by atoms with Crippen molar-refractivity contribution in [3.8, 4) is 5.75 Å². The Morgan fingerprint density at radius 3 is 2.48 bits per heavy atom. The fourth-order valence-corrected chi connectivity index (χ4v) is 5.51. The van der Waals surface area contributed by atoms with Gasteiger partial charge in [0, 0.05) is 28.0 Å². The Kier molecular flexibility index (Phi) is 6.13. The Labute approximate surface area is 202 Å². The van der Waals surface area contributed by atoms with Crippen LogP contribution in [0, 0.1) is 0 Å². The van der Waals surface area contributed by atoms with Crippen LogP contribution in [0.3, 0.4) is 0 Å². The van der Waals surface area contributed by atoms with Gasteiger partial charge in [-0.3, -0.25) is 9.59 Å². The molecule has 1 aliphatic heterocycles. The second kappa shape index (κ2) is 9.20. The van der Waals surface area contributed by atoms with Crippen LogP contribution < -0.4 is 4.74 Å². The summed E-state index contributed by atoms with van der Waals surface area (Å²) in [5.74, 6) is 0.644. The fourth-order valence-electron chi connectivity index (χ4n) is 4.48. The summed E-state index contributed by atoms with van der Waals surface area (Å²) in [6.45, 7) is 0.717. The second-order valence-corrected chi connectivity index (χ2v) is 9.92. The first-order valence-corrected chi connectivity index (χ1v) is 12.4. The van der Waals surface area contributed by atoms with E-state index in [0.717, 1.165) is 30.6 Å². The maximum absolute atomic E-state index is 13.7. The summed E-state index contributed by atoms with van der Waals surface area (Å²) in [7, 11) is 1.65. The molecule has 2 aliphatic rings. The number of rotatable bonds is 6. The van der Waals surface area contributed by atoms with E-state index in [1.54, 1.807) is 47.6 Å². The van der Waals surface area contributed by atoms with Crippen LogP contribution in [-0.4, -0.2) is 47.9 Å². The van der Waals surface area contributed by atoms with Gasteiger partial charge in [0.05, 0.1) is 13.2 Å². The minimum Gasteiger partial charge on any atom is -0.497 e. The highest BCUT2D eigenvalue weighted by molar-refractivity contribution is 7.10. The summed E-state index contributed by atoms with van der Waals surface area (Å²) in [5, 5.41) is 2.68. The highest BCUT2D eigenvalue weighted by atomic mass is 35.5. The average Bonchev–Trinajstić information content (AvgIpc) is 3.57. The Balaban J connectivity index is 1.41. The molecule has 0 bridgehead atoms. The highest BCUT2D eigenvalue weighted by Crippen LogP contribution is 2.39. The molecule has 2 amide bonds. The SMILES string of the molecule is COc1ccc(C2c3ccsc3CCN2C(=O)CN(C(=O)c2ccc(Cl)cc2)C2CC2)cc1. The zero-order chi connectivity index (χ0) is 22.9. The monoisotopic (exact) mass is 480 g/mol. The van der Waals surface area contributed by atoms with Crippen molar-refractivity contribution in [1.29, 1.82) is 0 Å². The Hall–Kier alpha value is -2.83. The van der Waals surface area contributed by atoms with Crippen LogP contribution in [0.1, 0.15) is 45.2 Å². The molecule has 0 radical (unpaired) electrons. The molecule has 5 rings (SSSR count). The van der Waals surface area contributed by atoms with Crippen molar-refractivity contribution in [1.82, 2.24) is 9.80 Å². The van der Waals surface area contributed by atoms with Crippen molar-refractivity contribution in [2.24, 2.45) is 0 Å². The van der Waals surface area contributed by atoms with Gasteiger partial charge in [-0.25, -0.2) is 0 Å². The number of halogens is 1. The molecule has 7 heteroatoms. The molecule has 2 heterocycles. The van der Waals surface area contributed by atoms with E-state index in [2.05, 4.69) is 11.4 Å². The van der Waals surface area contributed by atoms with E-state index in [0.29, 0.717) is 17.1 Å². The average molecular weight is 481 g/mol. The van der Waals surface area contributed by atoms with E-state index in [4.69, 9.17) is 16.3 Å². The standard InChI is InChI=1S/C26H25ClN2O3S/c1-32-21-10-4-17(5-11-21)25-22-13-15-33-23(22)12-14-28(25)24(30)16-29(20-8-9-20)26(31)18-2-6-19(27)7-3-18/h2-7,10-11,13,15,20,25H,8-9,12,14,16H2,1H3. The van der Waals surface area contributed by atoms with Gasteiger partial charge in [0.2, 0.25) is 5.91 Å². The predicted octanol–water partition coefficient (Wildman–Crippen LogP) is 5.19. The molecular formula is C26H25ClN2O3S. The normalized spacial score (nSPS) is 17.4. The molecule has 170 valence electrons. The summed E-state index contributed by atoms with van der Waals surface area (Å²) in [5.41, 5.74) is 2.78. The first-order valence-electron chi connectivity index (χ1n) is 11.1. The number of nitrogens with zero attached hydrogens (tertiary/aromatic N) is 2. The third-order valence-electron chi connectivity index (χ3n) is 6.36. The van der Waals surface area contributed by atoms with Gasteiger partial charge in [-0.1, -0.05) is 23.7 Å². The van der Waals surface area contributed by atoms with Crippen molar-refractivity contribution in [2.45, 2.75) is 31.3 Å². The number of hydrogen-bond donors (Lipinski definition) is 0. The van der Waals surface area contributed by atoms with Crippen LogP contribution in [0.15, 0.2) is 60.0 Å². The lowest BCUT2D eigenvalue weighted by Gasteiger charge is -2.37. The van der Waals surface area contributed by atoms with E-state index in [1.807, 2.05) is 29.2 Å². The lowest BCUT2D eigenvalue weighted by Crippen LogP contribution is -2.47. The molecule has 33 heavy (non-hydrogen) atoms. The number of thiophene rings is 1. The number of fused-ring (bicyclic) bond motifs is 1. The number of carbonyl (C=O) groups is 2. The van der Waals surface area contributed by atoms with Gasteiger partial charge in [0.1, 0.15) is 12.3 Å². The fraction of sp³-hybridized carbons (Fsp3) is 0.308. The largest absolute Gasteiger partial charge is 0.497 e. The van der Waals surface area contributed by atoms with Crippen molar-refractivity contribution >= 4 is 34.8 Å². The second-order valence-electron chi connectivity index (χ2n) is 8.48. The van der Waals surface area contributed by atoms with Crippen molar-refractivity contribution in [2.75, 3.05) is 20.2 Å². The smallest absolute Gasteiger partial charge is 0.254 e.